The van der Waals surface area contributed by atoms with Crippen LogP contribution in [-0.4, -0.2) is 34.9 Å². The van der Waals surface area contributed by atoms with Gasteiger partial charge in [0.15, 0.2) is 12.7 Å². The number of rotatable bonds is 6. The number of aromatic nitrogens is 1. The maximum absolute atomic E-state index is 12.7. The van der Waals surface area contributed by atoms with E-state index in [9.17, 15) is 14.4 Å². The fourth-order valence-electron chi connectivity index (χ4n) is 3.80. The highest BCUT2D eigenvalue weighted by molar-refractivity contribution is 6.01. The molecule has 0 saturated carbocycles. The van der Waals surface area contributed by atoms with Gasteiger partial charge in [-0.25, -0.2) is 0 Å². The molecule has 0 aliphatic carbocycles. The largest absolute Gasteiger partial charge is 0.478 e. The lowest BCUT2D eigenvalue weighted by molar-refractivity contribution is -0.146. The summed E-state index contributed by atoms with van der Waals surface area (Å²) >= 11 is 0. The van der Waals surface area contributed by atoms with Crippen molar-refractivity contribution < 1.29 is 23.9 Å². The highest BCUT2D eigenvalue weighted by atomic mass is 16.5. The monoisotopic (exact) mass is 432 g/mol. The van der Waals surface area contributed by atoms with Gasteiger partial charge < -0.3 is 19.4 Å². The Morgan fingerprint density at radius 3 is 2.53 bits per heavy atom. The summed E-state index contributed by atoms with van der Waals surface area (Å²) in [7, 11) is 0. The van der Waals surface area contributed by atoms with Gasteiger partial charge in [-0.1, -0.05) is 29.8 Å². The van der Waals surface area contributed by atoms with Crippen molar-refractivity contribution >= 4 is 23.3 Å². The second-order valence-electron chi connectivity index (χ2n) is 7.84. The molecular formula is C25H24N2O5. The molecule has 1 aliphatic rings. The fraction of sp³-hybridized carbons (Fsp3) is 0.240. The first-order valence-corrected chi connectivity index (χ1v) is 10.3. The molecule has 1 aromatic heterocycles. The summed E-state index contributed by atoms with van der Waals surface area (Å²) in [6.45, 7) is 5.40. The van der Waals surface area contributed by atoms with Gasteiger partial charge in [-0.2, -0.15) is 0 Å². The third kappa shape index (κ3) is 4.27. The highest BCUT2D eigenvalue weighted by Gasteiger charge is 2.30. The Bertz CT molecular complexity index is 1190. The molecule has 2 heterocycles. The third-order valence-electron chi connectivity index (χ3n) is 5.45. The van der Waals surface area contributed by atoms with Gasteiger partial charge in [0, 0.05) is 22.6 Å². The van der Waals surface area contributed by atoms with E-state index in [1.165, 1.54) is 0 Å². The Morgan fingerprint density at radius 1 is 1.06 bits per heavy atom. The molecule has 1 N–H and O–H groups in total. The Balaban J connectivity index is 1.39. The molecular weight excluding hydrogens is 408 g/mol. The Morgan fingerprint density at radius 2 is 1.78 bits per heavy atom. The van der Waals surface area contributed by atoms with Gasteiger partial charge in [0.2, 0.25) is 5.78 Å². The standard InChI is InChI=1S/C25H24N2O5/c1-15-8-10-18(11-9-15)27-16(2)12-19(17(27)3)21(28)14-31-24(29)13-23-25(30)26-20-6-4-5-7-22(20)32-23/h4-12,23H,13-14H2,1-3H3,(H,26,30). The minimum atomic E-state index is -1.00. The summed E-state index contributed by atoms with van der Waals surface area (Å²) < 4.78 is 12.8. The quantitative estimate of drug-likeness (QED) is 0.471. The predicted octanol–water partition coefficient (Wildman–Crippen LogP) is 3.92. The van der Waals surface area contributed by atoms with Crippen molar-refractivity contribution in [3.8, 4) is 11.4 Å². The van der Waals surface area contributed by atoms with Gasteiger partial charge >= 0.3 is 5.97 Å². The average molecular weight is 432 g/mol. The number of hydrogen-bond donors (Lipinski definition) is 1. The van der Waals surface area contributed by atoms with Crippen LogP contribution in [0.25, 0.3) is 5.69 Å². The molecule has 7 nitrogen and oxygen atoms in total. The molecule has 0 bridgehead atoms. The number of anilines is 1. The first-order valence-electron chi connectivity index (χ1n) is 10.3. The fourth-order valence-corrected chi connectivity index (χ4v) is 3.80. The Kier molecular flexibility index (Phi) is 5.81. The first kappa shape index (κ1) is 21.4. The summed E-state index contributed by atoms with van der Waals surface area (Å²) in [5.74, 6) is -0.910. The zero-order valence-electron chi connectivity index (χ0n) is 18.2. The van der Waals surface area contributed by atoms with Crippen molar-refractivity contribution in [3.63, 3.8) is 0 Å². The average Bonchev–Trinajstić information content (AvgIpc) is 3.07. The predicted molar refractivity (Wildman–Crippen MR) is 119 cm³/mol. The van der Waals surface area contributed by atoms with Crippen molar-refractivity contribution in [2.45, 2.75) is 33.3 Å². The maximum atomic E-state index is 12.7. The zero-order valence-corrected chi connectivity index (χ0v) is 18.2. The van der Waals surface area contributed by atoms with Crippen LogP contribution in [0.3, 0.4) is 0 Å². The van der Waals surface area contributed by atoms with Crippen LogP contribution in [0.15, 0.2) is 54.6 Å². The van der Waals surface area contributed by atoms with E-state index in [2.05, 4.69) is 5.32 Å². The SMILES string of the molecule is Cc1ccc(-n2c(C)cc(C(=O)COC(=O)CC3Oc4ccccc4NC3=O)c2C)cc1. The topological polar surface area (TPSA) is 86.6 Å². The molecule has 32 heavy (non-hydrogen) atoms. The lowest BCUT2D eigenvalue weighted by Gasteiger charge is -2.25. The Hall–Kier alpha value is -3.87. The molecule has 0 fully saturated rings. The van der Waals surface area contributed by atoms with Gasteiger partial charge in [0.05, 0.1) is 12.1 Å². The zero-order chi connectivity index (χ0) is 22.8. The number of fused-ring (bicyclic) bond motifs is 1. The van der Waals surface area contributed by atoms with Gasteiger partial charge in [0.25, 0.3) is 5.91 Å². The van der Waals surface area contributed by atoms with E-state index >= 15 is 0 Å². The van der Waals surface area contributed by atoms with Crippen molar-refractivity contribution in [2.24, 2.45) is 0 Å². The van der Waals surface area contributed by atoms with E-state index in [-0.39, 0.29) is 12.2 Å². The summed E-state index contributed by atoms with van der Waals surface area (Å²) in [6.07, 6.45) is -1.28. The van der Waals surface area contributed by atoms with Gasteiger partial charge in [-0.3, -0.25) is 14.4 Å². The summed E-state index contributed by atoms with van der Waals surface area (Å²) in [5.41, 5.74) is 4.85. The number of ketones is 1. The van der Waals surface area contributed by atoms with E-state index in [0.29, 0.717) is 17.0 Å². The molecule has 0 saturated heterocycles. The number of hydrogen-bond acceptors (Lipinski definition) is 5. The summed E-state index contributed by atoms with van der Waals surface area (Å²) in [4.78, 5) is 37.2. The second-order valence-corrected chi connectivity index (χ2v) is 7.84. The van der Waals surface area contributed by atoms with E-state index in [0.717, 1.165) is 22.6 Å². The van der Waals surface area contributed by atoms with E-state index in [1.807, 2.05) is 49.6 Å². The lowest BCUT2D eigenvalue weighted by Crippen LogP contribution is -2.39. The number of ether oxygens (including phenoxy) is 2. The molecule has 1 unspecified atom stereocenters. The smallest absolute Gasteiger partial charge is 0.310 e. The van der Waals surface area contributed by atoms with E-state index < -0.39 is 24.6 Å². The molecule has 164 valence electrons. The number of nitrogens with one attached hydrogen (secondary N) is 1. The van der Waals surface area contributed by atoms with E-state index in [4.69, 9.17) is 9.47 Å². The second kappa shape index (κ2) is 8.70. The molecule has 2 aromatic carbocycles. The number of benzene rings is 2. The number of esters is 1. The Labute approximate surface area is 186 Å². The molecule has 0 radical (unpaired) electrons. The number of aryl methyl sites for hydroxylation is 2. The molecule has 7 heteroatoms. The molecule has 3 aromatic rings. The number of para-hydroxylation sites is 2. The number of amides is 1. The molecule has 1 aliphatic heterocycles. The van der Waals surface area contributed by atoms with Crippen LogP contribution in [0.2, 0.25) is 0 Å². The van der Waals surface area contributed by atoms with Crippen molar-refractivity contribution in [3.05, 3.63) is 77.1 Å². The minimum Gasteiger partial charge on any atom is -0.478 e. The van der Waals surface area contributed by atoms with Crippen LogP contribution >= 0.6 is 0 Å². The number of nitrogens with zero attached hydrogens (tertiary/aromatic N) is 1. The molecule has 4 rings (SSSR count). The summed E-state index contributed by atoms with van der Waals surface area (Å²) in [5, 5.41) is 2.70. The number of carbonyl (C=O) groups is 3. The van der Waals surface area contributed by atoms with Gasteiger partial charge in [-0.05, 0) is 51.1 Å². The van der Waals surface area contributed by atoms with Crippen LogP contribution < -0.4 is 10.1 Å². The van der Waals surface area contributed by atoms with Crippen LogP contribution in [0.1, 0.15) is 33.7 Å². The van der Waals surface area contributed by atoms with Crippen LogP contribution in [0, 0.1) is 20.8 Å². The van der Waals surface area contributed by atoms with Crippen LogP contribution in [0.5, 0.6) is 5.75 Å². The van der Waals surface area contributed by atoms with Gasteiger partial charge in [0.1, 0.15) is 5.75 Å². The number of Topliss-reactive ketones (excluding diaryl/α,β-unsaturated/α-hetero) is 1. The lowest BCUT2D eigenvalue weighted by atomic mass is 10.1. The van der Waals surface area contributed by atoms with Gasteiger partial charge in [-0.15, -0.1) is 0 Å². The first-order chi connectivity index (χ1) is 15.3. The normalized spacial score (nSPS) is 14.8. The van der Waals surface area contributed by atoms with Crippen molar-refractivity contribution in [1.82, 2.24) is 4.57 Å². The van der Waals surface area contributed by atoms with Crippen LogP contribution in [-0.2, 0) is 14.3 Å². The molecule has 0 spiro atoms. The van der Waals surface area contributed by atoms with Crippen LogP contribution in [0.4, 0.5) is 5.69 Å². The van der Waals surface area contributed by atoms with Crippen molar-refractivity contribution in [1.29, 1.82) is 0 Å². The van der Waals surface area contributed by atoms with E-state index in [1.54, 1.807) is 30.3 Å². The highest BCUT2D eigenvalue weighted by Crippen LogP contribution is 2.29. The molecule has 1 atom stereocenters. The van der Waals surface area contributed by atoms with Crippen molar-refractivity contribution in [2.75, 3.05) is 11.9 Å². The maximum Gasteiger partial charge on any atom is 0.310 e. The number of carbonyl (C=O) groups excluding carboxylic acids is 3. The minimum absolute atomic E-state index is 0.282. The summed E-state index contributed by atoms with van der Waals surface area (Å²) in [6, 6.07) is 16.8. The third-order valence-corrected chi connectivity index (χ3v) is 5.45. The molecule has 1 amide bonds.